The summed E-state index contributed by atoms with van der Waals surface area (Å²) in [5.41, 5.74) is 5.54. The van der Waals surface area contributed by atoms with Gasteiger partial charge in [-0.1, -0.05) is 93.6 Å². The minimum atomic E-state index is 0. The number of benzene rings is 2. The van der Waals surface area contributed by atoms with Crippen LogP contribution in [0.25, 0.3) is 6.08 Å². The van der Waals surface area contributed by atoms with Gasteiger partial charge >= 0.3 is 0 Å². The lowest BCUT2D eigenvalue weighted by molar-refractivity contribution is -0.00000727. The van der Waals surface area contributed by atoms with Crippen LogP contribution in [0.15, 0.2) is 54.6 Å². The monoisotopic (exact) mass is 544 g/mol. The summed E-state index contributed by atoms with van der Waals surface area (Å²) in [6.45, 7) is 8.64. The van der Waals surface area contributed by atoms with Crippen LogP contribution in [0.5, 0.6) is 0 Å². The van der Waals surface area contributed by atoms with E-state index < -0.39 is 0 Å². The van der Waals surface area contributed by atoms with Gasteiger partial charge in [0.15, 0.2) is 0 Å². The van der Waals surface area contributed by atoms with Gasteiger partial charge < -0.3 is 12.4 Å². The van der Waals surface area contributed by atoms with Crippen LogP contribution < -0.4 is 12.4 Å². The van der Waals surface area contributed by atoms with E-state index in [4.69, 9.17) is 0 Å². The highest BCUT2D eigenvalue weighted by Crippen LogP contribution is 2.33. The standard InChI is InChI=1S/C14H21S.C10H12.C4H8S.2CH4.2ClH/c1-3-14(15-10-4-5-11-15)13-8-6-12(2)7-9-13;1-3-4-10-7-5-9(2)6-8-10;1-2-4-5-3-1;;;;/h6-9,14H,3-5,10-11H2,1-2H3;3-8H,1-2H3;1-4H2;2*1H4;2*1H/q+1;;;;;;/p-1/b;4-3+;;;;;. The molecule has 4 rings (SSSR count). The first-order chi connectivity index (χ1) is 14.6. The quantitative estimate of drug-likeness (QED) is 0.370. The molecule has 4 heteroatoms. The number of rotatable bonds is 4. The molecule has 1 atom stereocenters. The van der Waals surface area contributed by atoms with Gasteiger partial charge in [0.25, 0.3) is 0 Å². The fraction of sp³-hybridized carbons (Fsp3) is 0.533. The lowest BCUT2D eigenvalue weighted by Gasteiger charge is -2.14. The van der Waals surface area contributed by atoms with Crippen LogP contribution in [0, 0.1) is 13.8 Å². The summed E-state index contributed by atoms with van der Waals surface area (Å²) < 4.78 is 0. The lowest BCUT2D eigenvalue weighted by atomic mass is 10.1. The first kappa shape index (κ1) is 38.0. The molecule has 196 valence electrons. The lowest BCUT2D eigenvalue weighted by Crippen LogP contribution is -3.00. The molecule has 0 radical (unpaired) electrons. The molecule has 0 bridgehead atoms. The largest absolute Gasteiger partial charge is 1.00 e. The van der Waals surface area contributed by atoms with Crippen LogP contribution in [-0.4, -0.2) is 23.0 Å². The predicted molar refractivity (Wildman–Crippen MR) is 164 cm³/mol. The van der Waals surface area contributed by atoms with Crippen molar-refractivity contribution in [3.8, 4) is 0 Å². The molecule has 0 spiro atoms. The molecule has 2 heterocycles. The first-order valence-corrected chi connectivity index (χ1v) is 14.4. The summed E-state index contributed by atoms with van der Waals surface area (Å²) in [5.74, 6) is 5.79. The van der Waals surface area contributed by atoms with Gasteiger partial charge in [-0.3, -0.25) is 0 Å². The molecule has 2 aliphatic heterocycles. The molecule has 0 nitrogen and oxygen atoms in total. The number of thioether (sulfide) groups is 1. The third-order valence-corrected chi connectivity index (χ3v) is 9.74. The van der Waals surface area contributed by atoms with Gasteiger partial charge in [0, 0.05) is 5.56 Å². The summed E-state index contributed by atoms with van der Waals surface area (Å²) in [6.07, 6.45) is 11.3. The fourth-order valence-electron chi connectivity index (χ4n) is 3.79. The minimum Gasteiger partial charge on any atom is -1.00 e. The van der Waals surface area contributed by atoms with Crippen molar-refractivity contribution in [3.63, 3.8) is 0 Å². The normalized spacial score (nSPS) is 15.2. The smallest absolute Gasteiger partial charge is 0.143 e. The van der Waals surface area contributed by atoms with E-state index in [0.29, 0.717) is 10.9 Å². The zero-order valence-corrected chi connectivity index (χ0v) is 23.5. The van der Waals surface area contributed by atoms with Crippen LogP contribution in [0.3, 0.4) is 0 Å². The molecular formula is C30H50Cl2S2. The maximum Gasteiger partial charge on any atom is 0.143 e. The Morgan fingerprint density at radius 2 is 1.29 bits per heavy atom. The van der Waals surface area contributed by atoms with E-state index in [-0.39, 0.29) is 39.7 Å². The van der Waals surface area contributed by atoms with E-state index in [2.05, 4.69) is 87.1 Å². The van der Waals surface area contributed by atoms with Crippen LogP contribution in [0.2, 0.25) is 0 Å². The van der Waals surface area contributed by atoms with E-state index in [9.17, 15) is 0 Å². The number of allylic oxidation sites excluding steroid dienone is 1. The molecular weight excluding hydrogens is 495 g/mol. The van der Waals surface area contributed by atoms with Crippen molar-refractivity contribution in [2.45, 2.75) is 79.9 Å². The second kappa shape index (κ2) is 22.9. The van der Waals surface area contributed by atoms with Gasteiger partial charge in [0.1, 0.15) is 16.8 Å². The summed E-state index contributed by atoms with van der Waals surface area (Å²) in [5, 5.41) is 0.841. The number of hydrogen-bond acceptors (Lipinski definition) is 1. The Labute approximate surface area is 232 Å². The van der Waals surface area contributed by atoms with Crippen molar-refractivity contribution in [2.24, 2.45) is 0 Å². The molecule has 34 heavy (non-hydrogen) atoms. The average molecular weight is 546 g/mol. The maximum atomic E-state index is 2.34. The number of halogens is 2. The molecule has 0 amide bonds. The first-order valence-electron chi connectivity index (χ1n) is 11.6. The van der Waals surface area contributed by atoms with Crippen LogP contribution in [0.1, 0.15) is 88.3 Å². The second-order valence-electron chi connectivity index (χ2n) is 8.19. The number of hydrogen-bond donors (Lipinski definition) is 0. The Morgan fingerprint density at radius 1 is 0.824 bits per heavy atom. The Kier molecular flexibility index (Phi) is 25.6. The summed E-state index contributed by atoms with van der Waals surface area (Å²) in [4.78, 5) is 0. The number of aryl methyl sites for hydroxylation is 2. The topological polar surface area (TPSA) is 0 Å². The van der Waals surface area contributed by atoms with Crippen LogP contribution in [-0.2, 0) is 10.9 Å². The zero-order chi connectivity index (χ0) is 21.6. The third kappa shape index (κ3) is 14.8. The highest BCUT2D eigenvalue weighted by Gasteiger charge is 2.33. The molecule has 2 fully saturated rings. The van der Waals surface area contributed by atoms with Gasteiger partial charge in [-0.05, 0) is 80.8 Å². The molecule has 2 saturated heterocycles. The van der Waals surface area contributed by atoms with Gasteiger partial charge in [-0.25, -0.2) is 0 Å². The molecule has 0 aliphatic carbocycles. The van der Waals surface area contributed by atoms with Gasteiger partial charge in [-0.15, -0.1) is 12.4 Å². The molecule has 1 unspecified atom stereocenters. The SMILES string of the molecule is C.C.C/C=C/c1ccc(C)cc1.C1CCSC1.CCC(c1ccc(C)cc1)[S+]1CCCC1.Cl.[Cl-]. The van der Waals surface area contributed by atoms with E-state index >= 15 is 0 Å². The molecule has 0 aromatic heterocycles. The summed E-state index contributed by atoms with van der Waals surface area (Å²) in [6, 6.07) is 17.7. The third-order valence-electron chi connectivity index (χ3n) is 5.55. The van der Waals surface area contributed by atoms with Crippen molar-refractivity contribution in [1.82, 2.24) is 0 Å². The fourth-order valence-corrected chi connectivity index (χ4v) is 7.74. The Morgan fingerprint density at radius 3 is 1.68 bits per heavy atom. The van der Waals surface area contributed by atoms with Crippen molar-refractivity contribution >= 4 is 41.1 Å². The maximum absolute atomic E-state index is 2.34. The van der Waals surface area contributed by atoms with Gasteiger partial charge in [0.2, 0.25) is 0 Å². The van der Waals surface area contributed by atoms with E-state index in [1.165, 1.54) is 71.8 Å². The van der Waals surface area contributed by atoms with E-state index in [1.54, 1.807) is 5.56 Å². The summed E-state index contributed by atoms with van der Waals surface area (Å²) in [7, 11) is 0.677. The van der Waals surface area contributed by atoms with Crippen molar-refractivity contribution < 1.29 is 12.4 Å². The molecule has 0 saturated carbocycles. The van der Waals surface area contributed by atoms with E-state index in [1.807, 2.05) is 13.0 Å². The molecule has 0 N–H and O–H groups in total. The molecule has 2 aromatic rings. The average Bonchev–Trinajstić information content (AvgIpc) is 3.49. The molecule has 2 aromatic carbocycles. The Hall–Kier alpha value is -0.540. The second-order valence-corrected chi connectivity index (χ2v) is 11.9. The minimum absolute atomic E-state index is 0. The Balaban J connectivity index is -0.000000444. The molecule has 2 aliphatic rings. The van der Waals surface area contributed by atoms with Gasteiger partial charge in [-0.2, -0.15) is 11.8 Å². The van der Waals surface area contributed by atoms with Crippen LogP contribution >= 0.6 is 24.2 Å². The summed E-state index contributed by atoms with van der Waals surface area (Å²) >= 11 is 2.07. The Bertz CT molecular complexity index is 709. The highest BCUT2D eigenvalue weighted by atomic mass is 35.5. The highest BCUT2D eigenvalue weighted by molar-refractivity contribution is 7.99. The predicted octanol–water partition coefficient (Wildman–Crippen LogP) is 7.10. The van der Waals surface area contributed by atoms with Gasteiger partial charge in [0.05, 0.1) is 0 Å². The van der Waals surface area contributed by atoms with Crippen LogP contribution in [0.4, 0.5) is 0 Å². The van der Waals surface area contributed by atoms with Crippen molar-refractivity contribution in [2.75, 3.05) is 23.0 Å². The van der Waals surface area contributed by atoms with Crippen molar-refractivity contribution in [3.05, 3.63) is 76.9 Å². The van der Waals surface area contributed by atoms with E-state index in [0.717, 1.165) is 5.25 Å². The van der Waals surface area contributed by atoms with Crippen molar-refractivity contribution in [1.29, 1.82) is 0 Å². The zero-order valence-electron chi connectivity index (χ0n) is 20.3.